The second-order valence-electron chi connectivity index (χ2n) is 5.70. The summed E-state index contributed by atoms with van der Waals surface area (Å²) in [5, 5.41) is 0.890. The second kappa shape index (κ2) is 6.05. The minimum absolute atomic E-state index is 0.689. The van der Waals surface area contributed by atoms with Crippen LogP contribution in [0.15, 0.2) is 54.6 Å². The zero-order chi connectivity index (χ0) is 16.5. The van der Waals surface area contributed by atoms with Crippen LogP contribution in [0.25, 0.3) is 22.4 Å². The molecule has 2 aromatic carbocycles. The van der Waals surface area contributed by atoms with Gasteiger partial charge in [0.05, 0.1) is 17.6 Å². The highest BCUT2D eigenvalue weighted by atomic mass is 32.1. The predicted octanol–water partition coefficient (Wildman–Crippen LogP) is 3.73. The summed E-state index contributed by atoms with van der Waals surface area (Å²) in [6.45, 7) is 0.689. The minimum atomic E-state index is 0.689. The summed E-state index contributed by atoms with van der Waals surface area (Å²) in [5.74, 6) is 1.78. The highest BCUT2D eigenvalue weighted by Crippen LogP contribution is 2.24. The van der Waals surface area contributed by atoms with Gasteiger partial charge in [-0.1, -0.05) is 42.5 Å². The molecule has 120 valence electrons. The van der Waals surface area contributed by atoms with Gasteiger partial charge in [0.2, 0.25) is 5.13 Å². The van der Waals surface area contributed by atoms with Gasteiger partial charge in [0.25, 0.3) is 0 Å². The fourth-order valence-electron chi connectivity index (χ4n) is 2.69. The number of aromatic nitrogens is 4. The monoisotopic (exact) mass is 335 g/mol. The third-order valence-corrected chi connectivity index (χ3v) is 4.86. The maximum atomic E-state index is 4.72. The molecule has 0 aliphatic carbocycles. The number of aryl methyl sites for hydroxylation is 1. The van der Waals surface area contributed by atoms with E-state index in [1.54, 1.807) is 0 Å². The van der Waals surface area contributed by atoms with Crippen molar-refractivity contribution in [1.29, 1.82) is 0 Å². The number of rotatable bonds is 4. The second-order valence-corrected chi connectivity index (χ2v) is 6.43. The van der Waals surface area contributed by atoms with E-state index in [0.29, 0.717) is 6.54 Å². The van der Waals surface area contributed by atoms with Crippen LogP contribution in [0.2, 0.25) is 0 Å². The van der Waals surface area contributed by atoms with E-state index in [-0.39, 0.29) is 0 Å². The Morgan fingerprint density at radius 2 is 1.75 bits per heavy atom. The first-order valence-corrected chi connectivity index (χ1v) is 8.50. The number of fused-ring (bicyclic) bond motifs is 1. The Morgan fingerprint density at radius 3 is 2.54 bits per heavy atom. The molecule has 0 aliphatic heterocycles. The highest BCUT2D eigenvalue weighted by molar-refractivity contribution is 7.09. The van der Waals surface area contributed by atoms with Gasteiger partial charge in [-0.2, -0.15) is 9.36 Å². The van der Waals surface area contributed by atoms with Crippen LogP contribution in [-0.2, 0) is 13.6 Å². The van der Waals surface area contributed by atoms with Crippen molar-refractivity contribution in [2.75, 3.05) is 11.9 Å². The molecule has 0 atom stereocenters. The SMILES string of the molecule is CN(Cc1nc2ccccc2n1C)c1nc(-c2ccccc2)ns1. The van der Waals surface area contributed by atoms with Crippen LogP contribution in [0.1, 0.15) is 5.82 Å². The largest absolute Gasteiger partial charge is 0.342 e. The summed E-state index contributed by atoms with van der Waals surface area (Å²) in [7, 11) is 4.07. The molecule has 2 heterocycles. The average Bonchev–Trinajstić information content (AvgIpc) is 3.22. The molecule has 0 fully saturated rings. The van der Waals surface area contributed by atoms with Gasteiger partial charge in [-0.25, -0.2) is 4.98 Å². The number of hydrogen-bond acceptors (Lipinski definition) is 5. The lowest BCUT2D eigenvalue weighted by Gasteiger charge is -2.14. The van der Waals surface area contributed by atoms with Crippen LogP contribution in [0, 0.1) is 0 Å². The molecule has 2 aromatic heterocycles. The molecule has 0 bridgehead atoms. The lowest BCUT2D eigenvalue weighted by atomic mass is 10.2. The summed E-state index contributed by atoms with van der Waals surface area (Å²) in [6.07, 6.45) is 0. The number of para-hydroxylation sites is 2. The molecular formula is C18H17N5S. The first-order chi connectivity index (χ1) is 11.7. The molecule has 4 aromatic rings. The molecule has 0 saturated carbocycles. The summed E-state index contributed by atoms with van der Waals surface area (Å²) >= 11 is 1.41. The Balaban J connectivity index is 1.59. The average molecular weight is 335 g/mol. The van der Waals surface area contributed by atoms with Crippen LogP contribution < -0.4 is 4.90 Å². The number of imidazole rings is 1. The quantitative estimate of drug-likeness (QED) is 0.570. The Labute approximate surface area is 144 Å². The Morgan fingerprint density at radius 1 is 1.00 bits per heavy atom. The fourth-order valence-corrected chi connectivity index (χ4v) is 3.34. The van der Waals surface area contributed by atoms with Gasteiger partial charge in [-0.3, -0.25) is 0 Å². The van der Waals surface area contributed by atoms with Crippen molar-refractivity contribution >= 4 is 27.7 Å². The maximum Gasteiger partial charge on any atom is 0.205 e. The van der Waals surface area contributed by atoms with Crippen molar-refractivity contribution in [2.24, 2.45) is 7.05 Å². The first kappa shape index (κ1) is 14.8. The number of anilines is 1. The van der Waals surface area contributed by atoms with Gasteiger partial charge < -0.3 is 9.47 Å². The Kier molecular flexibility index (Phi) is 3.74. The third kappa shape index (κ3) is 2.65. The highest BCUT2D eigenvalue weighted by Gasteiger charge is 2.14. The van der Waals surface area contributed by atoms with E-state index in [9.17, 15) is 0 Å². The lowest BCUT2D eigenvalue weighted by molar-refractivity contribution is 0.774. The van der Waals surface area contributed by atoms with E-state index < -0.39 is 0 Å². The normalized spacial score (nSPS) is 11.1. The van der Waals surface area contributed by atoms with E-state index >= 15 is 0 Å². The van der Waals surface area contributed by atoms with Crippen molar-refractivity contribution in [3.63, 3.8) is 0 Å². The van der Waals surface area contributed by atoms with Gasteiger partial charge in [0.15, 0.2) is 5.82 Å². The van der Waals surface area contributed by atoms with Crippen molar-refractivity contribution in [3.05, 3.63) is 60.4 Å². The van der Waals surface area contributed by atoms with E-state index in [4.69, 9.17) is 4.98 Å². The van der Waals surface area contributed by atoms with Crippen LogP contribution in [-0.4, -0.2) is 26.0 Å². The smallest absolute Gasteiger partial charge is 0.205 e. The summed E-state index contributed by atoms with van der Waals surface area (Å²) in [6, 6.07) is 18.2. The molecule has 24 heavy (non-hydrogen) atoms. The lowest BCUT2D eigenvalue weighted by Crippen LogP contribution is -2.18. The standard InChI is InChI=1S/C18H17N5S/c1-22(12-16-19-14-10-6-7-11-15(14)23(16)2)18-20-17(21-24-18)13-8-4-3-5-9-13/h3-11H,12H2,1-2H3. The van der Waals surface area contributed by atoms with Crippen LogP contribution in [0.3, 0.4) is 0 Å². The zero-order valence-corrected chi connectivity index (χ0v) is 14.4. The molecule has 5 nitrogen and oxygen atoms in total. The van der Waals surface area contributed by atoms with Crippen molar-refractivity contribution in [2.45, 2.75) is 6.54 Å². The molecule has 0 aliphatic rings. The maximum absolute atomic E-state index is 4.72. The molecule has 0 saturated heterocycles. The molecule has 0 spiro atoms. The molecule has 0 N–H and O–H groups in total. The van der Waals surface area contributed by atoms with Crippen molar-refractivity contribution < 1.29 is 0 Å². The Hall–Kier alpha value is -2.73. The van der Waals surface area contributed by atoms with Gasteiger partial charge in [-0.05, 0) is 12.1 Å². The van der Waals surface area contributed by atoms with Gasteiger partial charge in [0.1, 0.15) is 5.82 Å². The van der Waals surface area contributed by atoms with Gasteiger partial charge in [0, 0.05) is 31.2 Å². The molecule has 6 heteroatoms. The van der Waals surface area contributed by atoms with Crippen LogP contribution in [0.4, 0.5) is 5.13 Å². The molecule has 0 radical (unpaired) electrons. The number of hydrogen-bond donors (Lipinski definition) is 0. The summed E-state index contributed by atoms with van der Waals surface area (Å²) in [4.78, 5) is 11.5. The number of benzene rings is 2. The summed E-state index contributed by atoms with van der Waals surface area (Å²) in [5.41, 5.74) is 3.20. The van der Waals surface area contributed by atoms with E-state index in [2.05, 4.69) is 24.9 Å². The summed E-state index contributed by atoms with van der Waals surface area (Å²) < 4.78 is 6.61. The molecule has 0 amide bonds. The van der Waals surface area contributed by atoms with E-state index in [1.165, 1.54) is 11.5 Å². The molecular weight excluding hydrogens is 318 g/mol. The van der Waals surface area contributed by atoms with Crippen molar-refractivity contribution in [3.8, 4) is 11.4 Å². The zero-order valence-electron chi connectivity index (χ0n) is 13.5. The predicted molar refractivity (Wildman–Crippen MR) is 98.2 cm³/mol. The van der Waals surface area contributed by atoms with Crippen molar-refractivity contribution in [1.82, 2.24) is 18.9 Å². The molecule has 0 unspecified atom stereocenters. The van der Waals surface area contributed by atoms with E-state index in [0.717, 1.165) is 33.4 Å². The van der Waals surface area contributed by atoms with Gasteiger partial charge >= 0.3 is 0 Å². The third-order valence-electron chi connectivity index (χ3n) is 4.03. The number of nitrogens with zero attached hydrogens (tertiary/aromatic N) is 5. The fraction of sp³-hybridized carbons (Fsp3) is 0.167. The van der Waals surface area contributed by atoms with Crippen LogP contribution >= 0.6 is 11.5 Å². The van der Waals surface area contributed by atoms with Gasteiger partial charge in [-0.15, -0.1) is 0 Å². The first-order valence-electron chi connectivity index (χ1n) is 7.73. The molecule has 4 rings (SSSR count). The minimum Gasteiger partial charge on any atom is -0.342 e. The Bertz CT molecular complexity index is 973. The van der Waals surface area contributed by atoms with Crippen LogP contribution in [0.5, 0.6) is 0 Å². The van der Waals surface area contributed by atoms with E-state index in [1.807, 2.05) is 62.6 Å². The topological polar surface area (TPSA) is 46.8 Å².